The smallest absolute Gasteiger partial charge is 0.101 e. The van der Waals surface area contributed by atoms with Crippen molar-refractivity contribution in [1.29, 1.82) is 5.26 Å². The molecule has 19 heavy (non-hydrogen) atoms. The monoisotopic (exact) mass is 259 g/mol. The zero-order chi connectivity index (χ0) is 14.0. The highest BCUT2D eigenvalue weighted by atomic mass is 15.2. The largest absolute Gasteiger partial charge is 0.397 e. The van der Waals surface area contributed by atoms with Crippen molar-refractivity contribution in [3.8, 4) is 6.07 Å². The van der Waals surface area contributed by atoms with Crippen molar-refractivity contribution in [3.05, 3.63) is 23.3 Å². The first-order valence-corrected chi connectivity index (χ1v) is 6.50. The van der Waals surface area contributed by atoms with E-state index in [-0.39, 0.29) is 5.54 Å². The molecular weight excluding hydrogens is 238 g/mol. The molecule has 5 N–H and O–H groups in total. The Balaban J connectivity index is 2.40. The summed E-state index contributed by atoms with van der Waals surface area (Å²) >= 11 is 0. The highest BCUT2D eigenvalue weighted by Gasteiger charge is 2.27. The number of nitrogens with one attached hydrogen (secondary N) is 1. The highest BCUT2D eigenvalue weighted by molar-refractivity contribution is 5.71. The van der Waals surface area contributed by atoms with Crippen LogP contribution in [-0.4, -0.2) is 25.2 Å². The van der Waals surface area contributed by atoms with E-state index in [4.69, 9.17) is 16.7 Å². The minimum absolute atomic E-state index is 0.0623. The molecule has 0 aliphatic carbocycles. The van der Waals surface area contributed by atoms with Gasteiger partial charge in [-0.2, -0.15) is 5.26 Å². The Hall–Kier alpha value is -1.77. The zero-order valence-electron chi connectivity index (χ0n) is 11.5. The number of benzene rings is 1. The average molecular weight is 259 g/mol. The molecule has 102 valence electrons. The molecule has 0 aromatic heterocycles. The number of piperazine rings is 1. The van der Waals surface area contributed by atoms with Crippen molar-refractivity contribution in [1.82, 2.24) is 5.32 Å². The third kappa shape index (κ3) is 2.65. The molecule has 0 atom stereocenters. The van der Waals surface area contributed by atoms with Gasteiger partial charge >= 0.3 is 0 Å². The first-order valence-electron chi connectivity index (χ1n) is 6.50. The third-order valence-corrected chi connectivity index (χ3v) is 3.57. The summed E-state index contributed by atoms with van der Waals surface area (Å²) in [5.74, 6) is 0. The van der Waals surface area contributed by atoms with E-state index in [2.05, 4.69) is 30.1 Å². The quantitative estimate of drug-likeness (QED) is 0.683. The van der Waals surface area contributed by atoms with Crippen LogP contribution in [-0.2, 0) is 6.54 Å². The SMILES string of the molecule is CC1(C)CN(c2ccc(C#N)c(N)c2CN)CCN1. The molecule has 0 saturated carbocycles. The maximum atomic E-state index is 9.03. The zero-order valence-corrected chi connectivity index (χ0v) is 11.5. The molecule has 1 aromatic rings. The predicted molar refractivity (Wildman–Crippen MR) is 77.8 cm³/mol. The minimum atomic E-state index is 0.0623. The Bertz CT molecular complexity index is 515. The Morgan fingerprint density at radius 3 is 2.79 bits per heavy atom. The number of rotatable bonds is 2. The van der Waals surface area contributed by atoms with Gasteiger partial charge in [-0.15, -0.1) is 0 Å². The molecule has 1 saturated heterocycles. The van der Waals surface area contributed by atoms with Gasteiger partial charge in [-0.3, -0.25) is 0 Å². The topological polar surface area (TPSA) is 91.1 Å². The Morgan fingerprint density at radius 2 is 2.21 bits per heavy atom. The fourth-order valence-electron chi connectivity index (χ4n) is 2.61. The Kier molecular flexibility index (Phi) is 3.65. The van der Waals surface area contributed by atoms with E-state index in [0.717, 1.165) is 30.9 Å². The van der Waals surface area contributed by atoms with Gasteiger partial charge in [0.2, 0.25) is 0 Å². The van der Waals surface area contributed by atoms with Gasteiger partial charge in [-0.05, 0) is 26.0 Å². The lowest BCUT2D eigenvalue weighted by Crippen LogP contribution is -2.57. The Morgan fingerprint density at radius 1 is 1.47 bits per heavy atom. The average Bonchev–Trinajstić information content (AvgIpc) is 2.37. The van der Waals surface area contributed by atoms with E-state index < -0.39 is 0 Å². The van der Waals surface area contributed by atoms with Crippen LogP contribution in [0.1, 0.15) is 25.0 Å². The van der Waals surface area contributed by atoms with Crippen molar-refractivity contribution in [2.45, 2.75) is 25.9 Å². The summed E-state index contributed by atoms with van der Waals surface area (Å²) in [6.07, 6.45) is 0. The summed E-state index contributed by atoms with van der Waals surface area (Å²) in [6.45, 7) is 7.44. The Labute approximate surface area is 114 Å². The van der Waals surface area contributed by atoms with Gasteiger partial charge in [0.1, 0.15) is 6.07 Å². The molecular formula is C14H21N5. The van der Waals surface area contributed by atoms with E-state index >= 15 is 0 Å². The number of nitrogens with two attached hydrogens (primary N) is 2. The molecule has 2 rings (SSSR count). The van der Waals surface area contributed by atoms with Crippen LogP contribution < -0.4 is 21.7 Å². The number of hydrogen-bond donors (Lipinski definition) is 3. The molecule has 0 radical (unpaired) electrons. The molecule has 0 spiro atoms. The lowest BCUT2D eigenvalue weighted by molar-refractivity contribution is 0.353. The first-order chi connectivity index (χ1) is 8.98. The molecule has 0 unspecified atom stereocenters. The van der Waals surface area contributed by atoms with Gasteiger partial charge in [0.25, 0.3) is 0 Å². The maximum absolute atomic E-state index is 9.03. The fraction of sp³-hybridized carbons (Fsp3) is 0.500. The second kappa shape index (κ2) is 5.08. The van der Waals surface area contributed by atoms with Crippen LogP contribution in [0.25, 0.3) is 0 Å². The van der Waals surface area contributed by atoms with Crippen molar-refractivity contribution in [2.24, 2.45) is 5.73 Å². The van der Waals surface area contributed by atoms with Crippen LogP contribution in [0.3, 0.4) is 0 Å². The first kappa shape index (κ1) is 13.7. The lowest BCUT2D eigenvalue weighted by Gasteiger charge is -2.41. The molecule has 5 heteroatoms. The molecule has 1 aliphatic rings. The van der Waals surface area contributed by atoms with E-state index in [1.807, 2.05) is 6.07 Å². The van der Waals surface area contributed by atoms with E-state index in [1.165, 1.54) is 0 Å². The molecule has 1 aromatic carbocycles. The van der Waals surface area contributed by atoms with E-state index in [9.17, 15) is 0 Å². The summed E-state index contributed by atoms with van der Waals surface area (Å²) in [7, 11) is 0. The van der Waals surface area contributed by atoms with Crippen molar-refractivity contribution in [2.75, 3.05) is 30.3 Å². The molecule has 1 fully saturated rings. The van der Waals surface area contributed by atoms with Gasteiger partial charge < -0.3 is 21.7 Å². The van der Waals surface area contributed by atoms with Crippen molar-refractivity contribution < 1.29 is 0 Å². The predicted octanol–water partition coefficient (Wildman–Crippen LogP) is 0.787. The van der Waals surface area contributed by atoms with Crippen LogP contribution in [0.2, 0.25) is 0 Å². The minimum Gasteiger partial charge on any atom is -0.397 e. The standard InChI is InChI=1S/C14H21N5/c1-14(2)9-19(6-5-18-14)12-4-3-10(7-15)13(17)11(12)8-16/h3-4,18H,5-6,8-9,16-17H2,1-2H3. The summed E-state index contributed by atoms with van der Waals surface area (Å²) in [4.78, 5) is 2.29. The normalized spacial score (nSPS) is 18.1. The lowest BCUT2D eigenvalue weighted by atomic mass is 9.99. The number of hydrogen-bond acceptors (Lipinski definition) is 5. The molecule has 5 nitrogen and oxygen atoms in total. The summed E-state index contributed by atoms with van der Waals surface area (Å²) < 4.78 is 0. The van der Waals surface area contributed by atoms with Crippen molar-refractivity contribution >= 4 is 11.4 Å². The second-order valence-electron chi connectivity index (χ2n) is 5.57. The number of nitrogen functional groups attached to an aromatic ring is 1. The summed E-state index contributed by atoms with van der Waals surface area (Å²) in [5.41, 5.74) is 14.8. The number of nitrogens with zero attached hydrogens (tertiary/aromatic N) is 2. The van der Waals surface area contributed by atoms with E-state index in [0.29, 0.717) is 17.8 Å². The maximum Gasteiger partial charge on any atom is 0.101 e. The number of nitriles is 1. The molecule has 1 heterocycles. The highest BCUT2D eigenvalue weighted by Crippen LogP contribution is 2.30. The van der Waals surface area contributed by atoms with Crippen LogP contribution >= 0.6 is 0 Å². The van der Waals surface area contributed by atoms with Crippen LogP contribution in [0, 0.1) is 11.3 Å². The van der Waals surface area contributed by atoms with Gasteiger partial charge in [0.15, 0.2) is 0 Å². The van der Waals surface area contributed by atoms with Crippen LogP contribution in [0.5, 0.6) is 0 Å². The van der Waals surface area contributed by atoms with Gasteiger partial charge in [-0.25, -0.2) is 0 Å². The van der Waals surface area contributed by atoms with Crippen LogP contribution in [0.15, 0.2) is 12.1 Å². The molecule has 0 amide bonds. The van der Waals surface area contributed by atoms with E-state index in [1.54, 1.807) is 6.07 Å². The number of anilines is 2. The van der Waals surface area contributed by atoms with Crippen molar-refractivity contribution in [3.63, 3.8) is 0 Å². The fourth-order valence-corrected chi connectivity index (χ4v) is 2.61. The van der Waals surface area contributed by atoms with Crippen LogP contribution in [0.4, 0.5) is 11.4 Å². The molecule has 1 aliphatic heterocycles. The summed E-state index contributed by atoms with van der Waals surface area (Å²) in [5, 5.41) is 12.5. The van der Waals surface area contributed by atoms with Gasteiger partial charge in [-0.1, -0.05) is 0 Å². The van der Waals surface area contributed by atoms with Gasteiger partial charge in [0.05, 0.1) is 11.3 Å². The third-order valence-electron chi connectivity index (χ3n) is 3.57. The molecule has 0 bridgehead atoms. The second-order valence-corrected chi connectivity index (χ2v) is 5.57. The van der Waals surface area contributed by atoms with Gasteiger partial charge in [0, 0.05) is 43.0 Å². The summed E-state index contributed by atoms with van der Waals surface area (Å²) in [6, 6.07) is 5.84.